The molecule has 1 aromatic heterocycles. The monoisotopic (exact) mass is 478 g/mol. The Bertz CT molecular complexity index is 1420. The molecule has 0 N–H and O–H groups in total. The highest BCUT2D eigenvalue weighted by Gasteiger charge is 2.30. The van der Waals surface area contributed by atoms with Gasteiger partial charge in [-0.3, -0.25) is 4.99 Å². The number of aromatic nitrogens is 1. The molecule has 2 heterocycles. The first-order chi connectivity index (χ1) is 16.4. The molecule has 1 aliphatic heterocycles. The van der Waals surface area contributed by atoms with E-state index in [1.807, 2.05) is 30.3 Å². The molecule has 1 unspecified atom stereocenters. The number of hydrogen-bond acceptors (Lipinski definition) is 2. The van der Waals surface area contributed by atoms with Crippen LogP contribution in [0.15, 0.2) is 84.0 Å². The van der Waals surface area contributed by atoms with Crippen LogP contribution in [0, 0.1) is 22.7 Å². The van der Waals surface area contributed by atoms with Gasteiger partial charge in [-0.2, -0.15) is 4.73 Å². The zero-order valence-electron chi connectivity index (χ0n) is 17.8. The average molecular weight is 479 g/mol. The van der Waals surface area contributed by atoms with Crippen LogP contribution in [0.3, 0.4) is 0 Å². The third-order valence-corrected chi connectivity index (χ3v) is 6.29. The number of pyridine rings is 1. The van der Waals surface area contributed by atoms with E-state index in [9.17, 15) is 18.4 Å². The van der Waals surface area contributed by atoms with Gasteiger partial charge in [-0.25, -0.2) is 13.2 Å². The molecular weight excluding hydrogens is 461 g/mol. The topological polar surface area (TPSA) is 39.3 Å². The first-order valence-electron chi connectivity index (χ1n) is 10.7. The maximum Gasteiger partial charge on any atom is 0.201 e. The summed E-state index contributed by atoms with van der Waals surface area (Å²) in [4.78, 5) is 4.63. The first kappa shape index (κ1) is 22.2. The van der Waals surface area contributed by atoms with Crippen molar-refractivity contribution in [3.8, 4) is 11.1 Å². The van der Waals surface area contributed by atoms with Crippen molar-refractivity contribution in [3.05, 3.63) is 123 Å². The summed E-state index contributed by atoms with van der Waals surface area (Å²) in [5, 5.41) is 12.9. The molecule has 0 saturated carbocycles. The van der Waals surface area contributed by atoms with Gasteiger partial charge in [0, 0.05) is 18.2 Å². The second-order valence-corrected chi connectivity index (χ2v) is 8.59. The molecule has 0 radical (unpaired) electrons. The van der Waals surface area contributed by atoms with E-state index in [1.165, 1.54) is 18.2 Å². The van der Waals surface area contributed by atoms with Crippen LogP contribution in [0.4, 0.5) is 18.9 Å². The van der Waals surface area contributed by atoms with Crippen molar-refractivity contribution in [1.82, 2.24) is 0 Å². The number of nitrogens with zero attached hydrogens (tertiary/aromatic N) is 2. The van der Waals surface area contributed by atoms with Crippen LogP contribution in [0.5, 0.6) is 0 Å². The van der Waals surface area contributed by atoms with Crippen molar-refractivity contribution in [2.75, 3.05) is 0 Å². The number of halogens is 4. The van der Waals surface area contributed by atoms with Gasteiger partial charge >= 0.3 is 0 Å². The zero-order valence-corrected chi connectivity index (χ0v) is 18.6. The molecule has 1 aliphatic rings. The SMILES string of the molecule is [O-][n+]1cc(-c2c(F)ccc(Cl)c2F)ccc1C(Cc1ccccc1)C1=Nc2cc(F)ccc2C1. The fourth-order valence-corrected chi connectivity index (χ4v) is 4.48. The highest BCUT2D eigenvalue weighted by Crippen LogP contribution is 2.35. The Morgan fingerprint density at radius 2 is 1.76 bits per heavy atom. The number of fused-ring (bicyclic) bond motifs is 1. The number of hydrogen-bond donors (Lipinski definition) is 0. The highest BCUT2D eigenvalue weighted by molar-refractivity contribution is 6.31. The van der Waals surface area contributed by atoms with Crippen LogP contribution in [0.1, 0.15) is 22.7 Å². The third-order valence-electron chi connectivity index (χ3n) is 6.00. The molecule has 3 aromatic carbocycles. The summed E-state index contributed by atoms with van der Waals surface area (Å²) in [6.45, 7) is 0. The van der Waals surface area contributed by atoms with Gasteiger partial charge in [-0.05, 0) is 47.9 Å². The molecule has 5 rings (SSSR count). The lowest BCUT2D eigenvalue weighted by atomic mass is 9.88. The second kappa shape index (κ2) is 8.95. The van der Waals surface area contributed by atoms with Gasteiger partial charge in [0.25, 0.3) is 0 Å². The fraction of sp³-hybridized carbons (Fsp3) is 0.111. The Kier molecular flexibility index (Phi) is 5.84. The van der Waals surface area contributed by atoms with Crippen LogP contribution in [-0.4, -0.2) is 5.71 Å². The molecule has 3 nitrogen and oxygen atoms in total. The van der Waals surface area contributed by atoms with E-state index in [0.717, 1.165) is 35.2 Å². The van der Waals surface area contributed by atoms with E-state index in [-0.39, 0.29) is 22.0 Å². The average Bonchev–Trinajstić information content (AvgIpc) is 3.24. The van der Waals surface area contributed by atoms with E-state index < -0.39 is 17.6 Å². The molecule has 7 heteroatoms. The lowest BCUT2D eigenvalue weighted by Crippen LogP contribution is -2.36. The normalized spacial score (nSPS) is 13.5. The molecule has 34 heavy (non-hydrogen) atoms. The third kappa shape index (κ3) is 4.17. The first-order valence-corrected chi connectivity index (χ1v) is 11.1. The Labute approximate surface area is 199 Å². The van der Waals surface area contributed by atoms with Crippen molar-refractivity contribution >= 4 is 23.0 Å². The molecule has 4 aromatic rings. The fourth-order valence-electron chi connectivity index (χ4n) is 4.33. The minimum Gasteiger partial charge on any atom is -0.618 e. The zero-order chi connectivity index (χ0) is 23.8. The lowest BCUT2D eigenvalue weighted by molar-refractivity contribution is -0.614. The van der Waals surface area contributed by atoms with Crippen molar-refractivity contribution in [1.29, 1.82) is 0 Å². The lowest BCUT2D eigenvalue weighted by Gasteiger charge is -2.18. The van der Waals surface area contributed by atoms with E-state index in [2.05, 4.69) is 4.99 Å². The smallest absolute Gasteiger partial charge is 0.201 e. The number of aliphatic imine (C=N–C) groups is 1. The standard InChI is InChI=1S/C27H18ClF3N2O/c28-21-9-10-22(30)26(27(21)31)18-7-11-25(33(34)15-18)20(12-16-4-2-1-3-5-16)24-13-17-6-8-19(29)14-23(17)32-24/h1-11,14-15,20H,12-13H2. The largest absolute Gasteiger partial charge is 0.618 e. The Morgan fingerprint density at radius 1 is 0.971 bits per heavy atom. The maximum absolute atomic E-state index is 14.5. The van der Waals surface area contributed by atoms with E-state index >= 15 is 0 Å². The van der Waals surface area contributed by atoms with Crippen LogP contribution in [0.2, 0.25) is 5.02 Å². The molecule has 1 atom stereocenters. The van der Waals surface area contributed by atoms with Crippen LogP contribution in [-0.2, 0) is 12.8 Å². The van der Waals surface area contributed by atoms with Crippen LogP contribution >= 0.6 is 11.6 Å². The Morgan fingerprint density at radius 3 is 2.53 bits per heavy atom. The summed E-state index contributed by atoms with van der Waals surface area (Å²) in [5.74, 6) is -2.53. The van der Waals surface area contributed by atoms with Gasteiger partial charge in [0.2, 0.25) is 5.69 Å². The van der Waals surface area contributed by atoms with E-state index in [1.54, 1.807) is 12.1 Å². The van der Waals surface area contributed by atoms with E-state index in [0.29, 0.717) is 29.0 Å². The maximum atomic E-state index is 14.5. The summed E-state index contributed by atoms with van der Waals surface area (Å²) < 4.78 is 43.2. The van der Waals surface area contributed by atoms with Gasteiger partial charge in [-0.1, -0.05) is 48.0 Å². The molecule has 170 valence electrons. The Balaban J connectivity index is 1.57. The van der Waals surface area contributed by atoms with Crippen LogP contribution < -0.4 is 4.73 Å². The summed E-state index contributed by atoms with van der Waals surface area (Å²) in [6.07, 6.45) is 2.11. The second-order valence-electron chi connectivity index (χ2n) is 8.18. The summed E-state index contributed by atoms with van der Waals surface area (Å²) in [7, 11) is 0. The van der Waals surface area contributed by atoms with E-state index in [4.69, 9.17) is 11.6 Å². The molecule has 0 aliphatic carbocycles. The quantitative estimate of drug-likeness (QED) is 0.178. The minimum absolute atomic E-state index is 0.0772. The van der Waals surface area contributed by atoms with Crippen molar-refractivity contribution in [3.63, 3.8) is 0 Å². The summed E-state index contributed by atoms with van der Waals surface area (Å²) in [5.41, 5.74) is 3.24. The number of benzene rings is 3. The van der Waals surface area contributed by atoms with Crippen molar-refractivity contribution in [2.45, 2.75) is 18.8 Å². The van der Waals surface area contributed by atoms with Crippen molar-refractivity contribution < 1.29 is 17.9 Å². The van der Waals surface area contributed by atoms with Gasteiger partial charge in [-0.15, -0.1) is 0 Å². The highest BCUT2D eigenvalue weighted by atomic mass is 35.5. The van der Waals surface area contributed by atoms with Crippen molar-refractivity contribution in [2.24, 2.45) is 4.99 Å². The van der Waals surface area contributed by atoms with Gasteiger partial charge in [0.15, 0.2) is 12.0 Å². The minimum atomic E-state index is -0.923. The van der Waals surface area contributed by atoms with Crippen LogP contribution in [0.25, 0.3) is 11.1 Å². The summed E-state index contributed by atoms with van der Waals surface area (Å²) in [6, 6.07) is 19.3. The van der Waals surface area contributed by atoms with Gasteiger partial charge in [0.1, 0.15) is 11.6 Å². The molecule has 0 saturated heterocycles. The molecule has 0 fully saturated rings. The van der Waals surface area contributed by atoms with Gasteiger partial charge < -0.3 is 5.21 Å². The number of rotatable bonds is 5. The van der Waals surface area contributed by atoms with Gasteiger partial charge in [0.05, 0.1) is 27.8 Å². The Hall–Kier alpha value is -3.64. The molecule has 0 amide bonds. The predicted octanol–water partition coefficient (Wildman–Crippen LogP) is 6.71. The molecular formula is C27H18ClF3N2O. The molecule has 0 spiro atoms. The summed E-state index contributed by atoms with van der Waals surface area (Å²) >= 11 is 5.82. The predicted molar refractivity (Wildman–Crippen MR) is 126 cm³/mol. The molecule has 0 bridgehead atoms.